The molecule has 1 atom stereocenters. The van der Waals surface area contributed by atoms with E-state index in [9.17, 15) is 4.79 Å². The number of hydrogen-bond acceptors (Lipinski definition) is 5. The Kier molecular flexibility index (Phi) is 4.55. The van der Waals surface area contributed by atoms with Crippen LogP contribution in [-0.2, 0) is 11.2 Å². The molecule has 0 unspecified atom stereocenters. The predicted molar refractivity (Wildman–Crippen MR) is 84.0 cm³/mol. The summed E-state index contributed by atoms with van der Waals surface area (Å²) in [6.07, 6.45) is 6.84. The molecule has 0 aliphatic carbocycles. The number of rotatable bonds is 5. The highest BCUT2D eigenvalue weighted by Crippen LogP contribution is 2.18. The fourth-order valence-electron chi connectivity index (χ4n) is 2.90. The second kappa shape index (κ2) is 6.76. The van der Waals surface area contributed by atoms with Crippen LogP contribution in [-0.4, -0.2) is 50.2 Å². The van der Waals surface area contributed by atoms with Crippen LogP contribution >= 0.6 is 0 Å². The molecule has 7 heteroatoms. The molecule has 23 heavy (non-hydrogen) atoms. The fourth-order valence-corrected chi connectivity index (χ4v) is 2.90. The molecule has 1 amide bonds. The number of nitrogens with zero attached hydrogens (tertiary/aromatic N) is 4. The van der Waals surface area contributed by atoms with Crippen molar-refractivity contribution in [3.63, 3.8) is 0 Å². The van der Waals surface area contributed by atoms with E-state index in [1.807, 2.05) is 18.7 Å². The van der Waals surface area contributed by atoms with Crippen molar-refractivity contribution in [3.8, 4) is 5.88 Å². The summed E-state index contributed by atoms with van der Waals surface area (Å²) >= 11 is 0. The van der Waals surface area contributed by atoms with Crippen LogP contribution in [0.5, 0.6) is 5.88 Å². The Bertz CT molecular complexity index is 651. The van der Waals surface area contributed by atoms with Crippen LogP contribution in [0.1, 0.15) is 29.8 Å². The average molecular weight is 315 g/mol. The number of hydrogen-bond donors (Lipinski definition) is 1. The summed E-state index contributed by atoms with van der Waals surface area (Å²) in [6, 6.07) is 0. The smallest absolute Gasteiger partial charge is 0.232 e. The Hall–Kier alpha value is -2.44. The van der Waals surface area contributed by atoms with Crippen molar-refractivity contribution in [2.75, 3.05) is 13.1 Å². The quantitative estimate of drug-likeness (QED) is 0.902. The molecule has 1 aliphatic rings. The van der Waals surface area contributed by atoms with E-state index in [4.69, 9.17) is 4.74 Å². The van der Waals surface area contributed by atoms with E-state index < -0.39 is 0 Å². The number of nitrogens with one attached hydrogen (secondary N) is 1. The zero-order chi connectivity index (χ0) is 16.2. The number of aryl methyl sites for hydroxylation is 2. The number of carbonyl (C=O) groups is 1. The largest absolute Gasteiger partial charge is 0.471 e. The lowest BCUT2D eigenvalue weighted by Crippen LogP contribution is -2.31. The molecule has 0 aromatic carbocycles. The zero-order valence-corrected chi connectivity index (χ0v) is 13.5. The first kappa shape index (κ1) is 15.5. The van der Waals surface area contributed by atoms with Crippen LogP contribution < -0.4 is 4.74 Å². The number of likely N-dealkylation sites (tertiary alicyclic amines) is 1. The lowest BCUT2D eigenvalue weighted by molar-refractivity contribution is -0.130. The molecule has 1 aliphatic heterocycles. The summed E-state index contributed by atoms with van der Waals surface area (Å²) in [5.41, 5.74) is 3.16. The van der Waals surface area contributed by atoms with E-state index >= 15 is 0 Å². The van der Waals surface area contributed by atoms with Gasteiger partial charge in [-0.25, -0.2) is 4.98 Å². The van der Waals surface area contributed by atoms with Crippen LogP contribution in [0.15, 0.2) is 18.6 Å². The second-order valence-corrected chi connectivity index (χ2v) is 5.82. The lowest BCUT2D eigenvalue weighted by Gasteiger charge is -2.17. The van der Waals surface area contributed by atoms with Crippen molar-refractivity contribution in [2.45, 2.75) is 39.2 Å². The van der Waals surface area contributed by atoms with Gasteiger partial charge in [0.05, 0.1) is 18.4 Å². The third-order valence-corrected chi connectivity index (χ3v) is 4.19. The van der Waals surface area contributed by atoms with Crippen LogP contribution in [0, 0.1) is 13.8 Å². The number of amides is 1. The summed E-state index contributed by atoms with van der Waals surface area (Å²) in [7, 11) is 0. The van der Waals surface area contributed by atoms with Crippen molar-refractivity contribution in [3.05, 3.63) is 35.5 Å². The Morgan fingerprint density at radius 2 is 2.30 bits per heavy atom. The molecule has 0 bridgehead atoms. The average Bonchev–Trinajstić information content (AvgIpc) is 3.14. The first-order valence-electron chi connectivity index (χ1n) is 7.84. The number of H-pyrrole nitrogens is 1. The van der Waals surface area contributed by atoms with Gasteiger partial charge in [0.2, 0.25) is 11.8 Å². The normalized spacial score (nSPS) is 17.5. The molecule has 1 fully saturated rings. The minimum absolute atomic E-state index is 0.00644. The van der Waals surface area contributed by atoms with Crippen molar-refractivity contribution in [1.82, 2.24) is 25.1 Å². The van der Waals surface area contributed by atoms with Gasteiger partial charge in [0.15, 0.2) is 0 Å². The van der Waals surface area contributed by atoms with Crippen molar-refractivity contribution in [1.29, 1.82) is 0 Å². The predicted octanol–water partition coefficient (Wildman–Crippen LogP) is 1.43. The Morgan fingerprint density at radius 1 is 1.43 bits per heavy atom. The van der Waals surface area contributed by atoms with Gasteiger partial charge in [-0.2, -0.15) is 5.10 Å². The summed E-state index contributed by atoms with van der Waals surface area (Å²) in [4.78, 5) is 22.3. The zero-order valence-electron chi connectivity index (χ0n) is 13.5. The minimum Gasteiger partial charge on any atom is -0.471 e. The van der Waals surface area contributed by atoms with Crippen LogP contribution in [0.3, 0.4) is 0 Å². The summed E-state index contributed by atoms with van der Waals surface area (Å²) in [5.74, 6) is 0.673. The fraction of sp³-hybridized carbons (Fsp3) is 0.500. The second-order valence-electron chi connectivity index (χ2n) is 5.82. The Balaban J connectivity index is 1.49. The monoisotopic (exact) mass is 315 g/mol. The molecular weight excluding hydrogens is 294 g/mol. The molecule has 7 nitrogen and oxygen atoms in total. The first-order valence-corrected chi connectivity index (χ1v) is 7.84. The third-order valence-electron chi connectivity index (χ3n) is 4.19. The summed E-state index contributed by atoms with van der Waals surface area (Å²) in [5, 5.41) is 7.12. The lowest BCUT2D eigenvalue weighted by atomic mass is 10.1. The highest BCUT2D eigenvalue weighted by atomic mass is 16.5. The van der Waals surface area contributed by atoms with E-state index in [2.05, 4.69) is 20.2 Å². The van der Waals surface area contributed by atoms with Gasteiger partial charge in [-0.3, -0.25) is 14.9 Å². The molecule has 1 saturated heterocycles. The van der Waals surface area contributed by atoms with Crippen molar-refractivity contribution < 1.29 is 9.53 Å². The maximum atomic E-state index is 12.4. The van der Waals surface area contributed by atoms with Gasteiger partial charge in [-0.05, 0) is 25.8 Å². The Morgan fingerprint density at radius 3 is 3.00 bits per heavy atom. The maximum absolute atomic E-state index is 12.4. The van der Waals surface area contributed by atoms with E-state index in [1.165, 1.54) is 0 Å². The molecule has 0 saturated carbocycles. The molecule has 2 aromatic rings. The molecule has 3 heterocycles. The standard InChI is InChI=1S/C16H21N5O2/c1-11-14(12(2)20-19-11)3-4-16(22)21-8-5-13(10-21)23-15-9-17-6-7-18-15/h6-7,9,13H,3-5,8,10H2,1-2H3,(H,19,20)/t13-/m0/s1. The highest BCUT2D eigenvalue weighted by molar-refractivity contribution is 5.76. The highest BCUT2D eigenvalue weighted by Gasteiger charge is 2.27. The van der Waals surface area contributed by atoms with Gasteiger partial charge in [-0.15, -0.1) is 0 Å². The topological polar surface area (TPSA) is 84.0 Å². The van der Waals surface area contributed by atoms with Gasteiger partial charge in [0.1, 0.15) is 6.10 Å². The number of aromatic amines is 1. The number of ether oxygens (including phenoxy) is 1. The molecule has 2 aromatic heterocycles. The van der Waals surface area contributed by atoms with Gasteiger partial charge in [-0.1, -0.05) is 0 Å². The van der Waals surface area contributed by atoms with Gasteiger partial charge in [0, 0.05) is 37.5 Å². The van der Waals surface area contributed by atoms with Crippen molar-refractivity contribution >= 4 is 5.91 Å². The van der Waals surface area contributed by atoms with E-state index in [0.29, 0.717) is 18.8 Å². The first-order chi connectivity index (χ1) is 11.1. The molecule has 0 radical (unpaired) electrons. The maximum Gasteiger partial charge on any atom is 0.232 e. The van der Waals surface area contributed by atoms with Crippen LogP contribution in [0.2, 0.25) is 0 Å². The molecule has 1 N–H and O–H groups in total. The summed E-state index contributed by atoms with van der Waals surface area (Å²) in [6.45, 7) is 5.29. The SMILES string of the molecule is Cc1n[nH]c(C)c1CCC(=O)N1CC[C@H](Oc2cnccn2)C1. The third kappa shape index (κ3) is 3.67. The molecule has 3 rings (SSSR count). The van der Waals surface area contributed by atoms with Crippen LogP contribution in [0.4, 0.5) is 0 Å². The summed E-state index contributed by atoms with van der Waals surface area (Å²) < 4.78 is 5.76. The van der Waals surface area contributed by atoms with Gasteiger partial charge < -0.3 is 9.64 Å². The minimum atomic E-state index is -0.00644. The Labute approximate surface area is 135 Å². The number of aromatic nitrogens is 4. The van der Waals surface area contributed by atoms with Crippen LogP contribution in [0.25, 0.3) is 0 Å². The van der Waals surface area contributed by atoms with E-state index in [-0.39, 0.29) is 12.0 Å². The molecule has 122 valence electrons. The van der Waals surface area contributed by atoms with Crippen molar-refractivity contribution in [2.24, 2.45) is 0 Å². The van der Waals surface area contributed by atoms with Gasteiger partial charge >= 0.3 is 0 Å². The van der Waals surface area contributed by atoms with Gasteiger partial charge in [0.25, 0.3) is 0 Å². The molecule has 0 spiro atoms. The van der Waals surface area contributed by atoms with E-state index in [1.54, 1.807) is 18.6 Å². The van der Waals surface area contributed by atoms with E-state index in [0.717, 1.165) is 36.3 Å². The number of carbonyl (C=O) groups excluding carboxylic acids is 1. The molecular formula is C16H21N5O2.